The number of rotatable bonds is 7. The van der Waals surface area contributed by atoms with E-state index in [4.69, 9.17) is 5.11 Å². The third-order valence-electron chi connectivity index (χ3n) is 3.73. The number of amides is 1. The van der Waals surface area contributed by atoms with Gasteiger partial charge < -0.3 is 19.9 Å². The van der Waals surface area contributed by atoms with Gasteiger partial charge in [-0.25, -0.2) is 4.98 Å². The van der Waals surface area contributed by atoms with Crippen molar-refractivity contribution in [3.05, 3.63) is 48.0 Å². The van der Waals surface area contributed by atoms with Crippen LogP contribution in [0.1, 0.15) is 30.3 Å². The SMILES string of the molecule is CN(C)c1ccc(C(NC(=O)CCC(=O)O)c2nccn2C)cc1. The van der Waals surface area contributed by atoms with Gasteiger partial charge in [-0.05, 0) is 17.7 Å². The summed E-state index contributed by atoms with van der Waals surface area (Å²) in [6.45, 7) is 0. The number of hydrogen-bond acceptors (Lipinski definition) is 4. The van der Waals surface area contributed by atoms with Gasteiger partial charge >= 0.3 is 5.97 Å². The summed E-state index contributed by atoms with van der Waals surface area (Å²) < 4.78 is 1.84. The average molecular weight is 330 g/mol. The van der Waals surface area contributed by atoms with Gasteiger partial charge in [-0.2, -0.15) is 0 Å². The maximum Gasteiger partial charge on any atom is 0.303 e. The van der Waals surface area contributed by atoms with Crippen LogP contribution in [0, 0.1) is 0 Å². The van der Waals surface area contributed by atoms with Crippen LogP contribution in [0.4, 0.5) is 5.69 Å². The average Bonchev–Trinajstić information content (AvgIpc) is 2.96. The molecule has 1 aromatic carbocycles. The van der Waals surface area contributed by atoms with Gasteiger partial charge in [0.05, 0.1) is 6.42 Å². The highest BCUT2D eigenvalue weighted by Crippen LogP contribution is 2.23. The number of aromatic nitrogens is 2. The minimum Gasteiger partial charge on any atom is -0.481 e. The normalized spacial score (nSPS) is 11.8. The number of carboxylic acid groups (broad SMARTS) is 1. The van der Waals surface area contributed by atoms with E-state index in [1.165, 1.54) is 0 Å². The van der Waals surface area contributed by atoms with Crippen LogP contribution < -0.4 is 10.2 Å². The predicted molar refractivity (Wildman–Crippen MR) is 90.8 cm³/mol. The highest BCUT2D eigenvalue weighted by Gasteiger charge is 2.21. The van der Waals surface area contributed by atoms with E-state index >= 15 is 0 Å². The number of carbonyl (C=O) groups is 2. The molecule has 2 rings (SSSR count). The maximum atomic E-state index is 12.1. The second-order valence-electron chi connectivity index (χ2n) is 5.78. The lowest BCUT2D eigenvalue weighted by Gasteiger charge is -2.20. The molecule has 0 saturated heterocycles. The highest BCUT2D eigenvalue weighted by atomic mass is 16.4. The fraction of sp³-hybridized carbons (Fsp3) is 0.353. The van der Waals surface area contributed by atoms with Gasteiger partial charge in [0.25, 0.3) is 0 Å². The number of aliphatic carboxylic acids is 1. The van der Waals surface area contributed by atoms with Crippen molar-refractivity contribution in [3.8, 4) is 0 Å². The number of nitrogens with one attached hydrogen (secondary N) is 1. The number of hydrogen-bond donors (Lipinski definition) is 2. The first-order chi connectivity index (χ1) is 11.4. The van der Waals surface area contributed by atoms with E-state index < -0.39 is 12.0 Å². The summed E-state index contributed by atoms with van der Waals surface area (Å²) in [6, 6.07) is 7.38. The molecular weight excluding hydrogens is 308 g/mol. The lowest BCUT2D eigenvalue weighted by molar-refractivity contribution is -0.138. The molecule has 1 atom stereocenters. The molecule has 1 unspecified atom stereocenters. The second-order valence-corrected chi connectivity index (χ2v) is 5.78. The molecule has 1 amide bonds. The number of benzene rings is 1. The molecule has 0 bridgehead atoms. The molecule has 2 aromatic rings. The van der Waals surface area contributed by atoms with Crippen LogP contribution in [0.15, 0.2) is 36.7 Å². The number of carbonyl (C=O) groups excluding carboxylic acids is 1. The van der Waals surface area contributed by atoms with Crippen molar-refractivity contribution in [2.24, 2.45) is 7.05 Å². The molecule has 0 radical (unpaired) electrons. The molecule has 7 nitrogen and oxygen atoms in total. The molecule has 1 heterocycles. The molecule has 2 N–H and O–H groups in total. The van der Waals surface area contributed by atoms with Gasteiger partial charge in [-0.1, -0.05) is 12.1 Å². The highest BCUT2D eigenvalue weighted by molar-refractivity contribution is 5.81. The van der Waals surface area contributed by atoms with E-state index in [1.54, 1.807) is 12.4 Å². The Morgan fingerprint density at radius 3 is 2.42 bits per heavy atom. The summed E-state index contributed by atoms with van der Waals surface area (Å²) in [7, 11) is 5.77. The van der Waals surface area contributed by atoms with Gasteiger partial charge in [0.15, 0.2) is 0 Å². The predicted octanol–water partition coefficient (Wildman–Crippen LogP) is 1.56. The van der Waals surface area contributed by atoms with Crippen molar-refractivity contribution in [2.45, 2.75) is 18.9 Å². The van der Waals surface area contributed by atoms with E-state index in [9.17, 15) is 9.59 Å². The lowest BCUT2D eigenvalue weighted by atomic mass is 10.0. The van der Waals surface area contributed by atoms with Gasteiger partial charge in [-0.15, -0.1) is 0 Å². The van der Waals surface area contributed by atoms with E-state index in [0.29, 0.717) is 5.82 Å². The Bertz CT molecular complexity index is 707. The Kier molecular flexibility index (Phi) is 5.57. The fourth-order valence-electron chi connectivity index (χ4n) is 2.37. The van der Waals surface area contributed by atoms with Crippen molar-refractivity contribution in [3.63, 3.8) is 0 Å². The maximum absolute atomic E-state index is 12.1. The van der Waals surface area contributed by atoms with Crippen LogP contribution in [0.5, 0.6) is 0 Å². The third kappa shape index (κ3) is 4.34. The summed E-state index contributed by atoms with van der Waals surface area (Å²) in [5, 5.41) is 11.6. The Balaban J connectivity index is 2.25. The minimum absolute atomic E-state index is 0.0635. The third-order valence-corrected chi connectivity index (χ3v) is 3.73. The zero-order chi connectivity index (χ0) is 17.7. The van der Waals surface area contributed by atoms with E-state index in [1.807, 2.05) is 54.9 Å². The van der Waals surface area contributed by atoms with Crippen molar-refractivity contribution in [2.75, 3.05) is 19.0 Å². The van der Waals surface area contributed by atoms with Crippen LogP contribution in [0.2, 0.25) is 0 Å². The van der Waals surface area contributed by atoms with Gasteiger partial charge in [-0.3, -0.25) is 9.59 Å². The Morgan fingerprint density at radius 1 is 1.25 bits per heavy atom. The molecule has 1 aromatic heterocycles. The van der Waals surface area contributed by atoms with Crippen LogP contribution in [-0.2, 0) is 16.6 Å². The number of carboxylic acids is 1. The van der Waals surface area contributed by atoms with Crippen LogP contribution in [0.3, 0.4) is 0 Å². The summed E-state index contributed by atoms with van der Waals surface area (Å²) in [5.74, 6) is -0.618. The molecule has 128 valence electrons. The molecule has 0 aliphatic heterocycles. The quantitative estimate of drug-likeness (QED) is 0.804. The van der Waals surface area contributed by atoms with Crippen molar-refractivity contribution >= 4 is 17.6 Å². The van der Waals surface area contributed by atoms with Crippen LogP contribution >= 0.6 is 0 Å². The Labute approximate surface area is 140 Å². The van der Waals surface area contributed by atoms with Gasteiger partial charge in [0, 0.05) is 45.6 Å². The summed E-state index contributed by atoms with van der Waals surface area (Å²) >= 11 is 0. The van der Waals surface area contributed by atoms with Crippen molar-refractivity contribution < 1.29 is 14.7 Å². The molecule has 24 heavy (non-hydrogen) atoms. The zero-order valence-electron chi connectivity index (χ0n) is 14.1. The topological polar surface area (TPSA) is 87.5 Å². The monoisotopic (exact) mass is 330 g/mol. The molecule has 0 saturated carbocycles. The van der Waals surface area contributed by atoms with Gasteiger partial charge in [0.1, 0.15) is 11.9 Å². The summed E-state index contributed by atoms with van der Waals surface area (Å²) in [6.07, 6.45) is 3.21. The first-order valence-corrected chi connectivity index (χ1v) is 7.64. The molecular formula is C17H22N4O3. The molecule has 0 aliphatic rings. The number of aryl methyl sites for hydroxylation is 1. The molecule has 0 spiro atoms. The molecule has 0 fully saturated rings. The van der Waals surface area contributed by atoms with E-state index in [0.717, 1.165) is 11.3 Å². The van der Waals surface area contributed by atoms with E-state index in [2.05, 4.69) is 10.3 Å². The molecule has 0 aliphatic carbocycles. The summed E-state index contributed by atoms with van der Waals surface area (Å²) in [5.41, 5.74) is 1.94. The number of anilines is 1. The first kappa shape index (κ1) is 17.5. The summed E-state index contributed by atoms with van der Waals surface area (Å²) in [4.78, 5) is 29.0. The smallest absolute Gasteiger partial charge is 0.303 e. The standard InChI is InChI=1S/C17H22N4O3/c1-20(2)13-6-4-12(5-7-13)16(17-18-10-11-21(17)3)19-14(22)8-9-15(23)24/h4-7,10-11,16H,8-9H2,1-3H3,(H,19,22)(H,23,24). The second kappa shape index (κ2) is 7.63. The fourth-order valence-corrected chi connectivity index (χ4v) is 2.37. The number of nitrogens with zero attached hydrogens (tertiary/aromatic N) is 3. The largest absolute Gasteiger partial charge is 0.481 e. The minimum atomic E-state index is -0.992. The Hall–Kier alpha value is -2.83. The molecule has 7 heteroatoms. The van der Waals surface area contributed by atoms with Crippen LogP contribution in [-0.4, -0.2) is 40.6 Å². The van der Waals surface area contributed by atoms with Crippen molar-refractivity contribution in [1.82, 2.24) is 14.9 Å². The lowest BCUT2D eigenvalue weighted by Crippen LogP contribution is -2.31. The van der Waals surface area contributed by atoms with Gasteiger partial charge in [0.2, 0.25) is 5.91 Å². The number of imidazole rings is 1. The van der Waals surface area contributed by atoms with E-state index in [-0.39, 0.29) is 18.7 Å². The van der Waals surface area contributed by atoms with Crippen LogP contribution in [0.25, 0.3) is 0 Å². The zero-order valence-corrected chi connectivity index (χ0v) is 14.1. The van der Waals surface area contributed by atoms with Crippen molar-refractivity contribution in [1.29, 1.82) is 0 Å². The Morgan fingerprint density at radius 2 is 1.92 bits per heavy atom. The first-order valence-electron chi connectivity index (χ1n) is 7.64.